The minimum Gasteiger partial charge on any atom is -0.480 e. The second-order valence-corrected chi connectivity index (χ2v) is 4.58. The van der Waals surface area contributed by atoms with E-state index in [0.29, 0.717) is 6.42 Å². The Hall–Kier alpha value is -1.35. The summed E-state index contributed by atoms with van der Waals surface area (Å²) in [7, 11) is 0. The van der Waals surface area contributed by atoms with Crippen LogP contribution in [0.25, 0.3) is 0 Å². The Bertz CT molecular complexity index is 338. The van der Waals surface area contributed by atoms with Crippen molar-refractivity contribution in [1.29, 1.82) is 0 Å². The zero-order valence-corrected chi connectivity index (χ0v) is 11.1. The summed E-state index contributed by atoms with van der Waals surface area (Å²) >= 11 is 0. The monoisotopic (exact) mass is 249 g/mol. The number of aryl methyl sites for hydroxylation is 1. The van der Waals surface area contributed by atoms with Crippen LogP contribution < -0.4 is 5.32 Å². The van der Waals surface area contributed by atoms with Gasteiger partial charge in [0.2, 0.25) is 0 Å². The first-order valence-corrected chi connectivity index (χ1v) is 6.74. The van der Waals surface area contributed by atoms with E-state index in [0.717, 1.165) is 32.2 Å². The molecular weight excluding hydrogens is 226 g/mol. The molecule has 1 aromatic rings. The van der Waals surface area contributed by atoms with Crippen molar-refractivity contribution in [1.82, 2.24) is 5.32 Å². The van der Waals surface area contributed by atoms with E-state index >= 15 is 0 Å². The van der Waals surface area contributed by atoms with E-state index in [2.05, 4.69) is 24.4 Å². The molecule has 0 aliphatic heterocycles. The Morgan fingerprint density at radius 2 is 2.00 bits per heavy atom. The molecule has 0 aliphatic carbocycles. The van der Waals surface area contributed by atoms with Crippen molar-refractivity contribution in [3.8, 4) is 0 Å². The number of aliphatic carboxylic acids is 1. The van der Waals surface area contributed by atoms with Gasteiger partial charge < -0.3 is 10.4 Å². The minimum atomic E-state index is -0.737. The van der Waals surface area contributed by atoms with Crippen molar-refractivity contribution in [2.75, 3.05) is 6.54 Å². The van der Waals surface area contributed by atoms with E-state index in [1.165, 1.54) is 5.56 Å². The molecule has 0 heterocycles. The van der Waals surface area contributed by atoms with Crippen LogP contribution in [-0.2, 0) is 11.2 Å². The molecule has 1 rings (SSSR count). The summed E-state index contributed by atoms with van der Waals surface area (Å²) in [6.45, 7) is 2.89. The number of rotatable bonds is 9. The second kappa shape index (κ2) is 8.70. The number of unbranched alkanes of at least 4 members (excludes halogenated alkanes) is 1. The highest BCUT2D eigenvalue weighted by Gasteiger charge is 2.15. The van der Waals surface area contributed by atoms with Crippen molar-refractivity contribution < 1.29 is 9.90 Å². The zero-order chi connectivity index (χ0) is 13.2. The number of hydrogen-bond donors (Lipinski definition) is 2. The molecule has 0 amide bonds. The van der Waals surface area contributed by atoms with Gasteiger partial charge in [0.25, 0.3) is 0 Å². The van der Waals surface area contributed by atoms with Gasteiger partial charge in [0.1, 0.15) is 6.04 Å². The van der Waals surface area contributed by atoms with Crippen LogP contribution in [-0.4, -0.2) is 23.7 Å². The lowest BCUT2D eigenvalue weighted by Crippen LogP contribution is -2.37. The molecule has 0 saturated carbocycles. The average Bonchev–Trinajstić information content (AvgIpc) is 2.38. The third kappa shape index (κ3) is 5.82. The van der Waals surface area contributed by atoms with Crippen molar-refractivity contribution in [3.05, 3.63) is 35.9 Å². The SMILES string of the molecule is CCCCNC(CCCc1ccccc1)C(=O)O. The van der Waals surface area contributed by atoms with Crippen molar-refractivity contribution >= 4 is 5.97 Å². The van der Waals surface area contributed by atoms with Gasteiger partial charge in [0.05, 0.1) is 0 Å². The smallest absolute Gasteiger partial charge is 0.320 e. The minimum absolute atomic E-state index is 0.403. The molecule has 2 N–H and O–H groups in total. The lowest BCUT2D eigenvalue weighted by molar-refractivity contribution is -0.139. The maximum Gasteiger partial charge on any atom is 0.320 e. The fraction of sp³-hybridized carbons (Fsp3) is 0.533. The highest BCUT2D eigenvalue weighted by atomic mass is 16.4. The van der Waals surface area contributed by atoms with E-state index in [-0.39, 0.29) is 0 Å². The summed E-state index contributed by atoms with van der Waals surface area (Å²) in [4.78, 5) is 11.1. The van der Waals surface area contributed by atoms with Crippen LogP contribution in [0.1, 0.15) is 38.2 Å². The van der Waals surface area contributed by atoms with Crippen LogP contribution >= 0.6 is 0 Å². The number of carboxylic acids is 1. The molecule has 3 nitrogen and oxygen atoms in total. The summed E-state index contributed by atoms with van der Waals surface area (Å²) in [5.74, 6) is -0.737. The predicted molar refractivity (Wildman–Crippen MR) is 73.7 cm³/mol. The molecule has 0 radical (unpaired) electrons. The standard InChI is InChI=1S/C15H23NO2/c1-2-3-12-16-14(15(17)18)11-7-10-13-8-5-4-6-9-13/h4-6,8-9,14,16H,2-3,7,10-12H2,1H3,(H,17,18). The molecule has 1 unspecified atom stereocenters. The lowest BCUT2D eigenvalue weighted by atomic mass is 10.0. The molecule has 0 aromatic heterocycles. The fourth-order valence-electron chi connectivity index (χ4n) is 1.92. The van der Waals surface area contributed by atoms with Crippen LogP contribution in [0.15, 0.2) is 30.3 Å². The Morgan fingerprint density at radius 1 is 1.28 bits per heavy atom. The second-order valence-electron chi connectivity index (χ2n) is 4.58. The number of nitrogens with one attached hydrogen (secondary N) is 1. The Balaban J connectivity index is 2.27. The summed E-state index contributed by atoms with van der Waals surface area (Å²) < 4.78 is 0. The maximum absolute atomic E-state index is 11.1. The van der Waals surface area contributed by atoms with Gasteiger partial charge in [-0.25, -0.2) is 0 Å². The molecule has 1 aromatic carbocycles. The number of hydrogen-bond acceptors (Lipinski definition) is 2. The Labute approximate surface area is 109 Å². The molecular formula is C15H23NO2. The zero-order valence-electron chi connectivity index (χ0n) is 11.1. The van der Waals surface area contributed by atoms with Crippen molar-refractivity contribution in [3.63, 3.8) is 0 Å². The largest absolute Gasteiger partial charge is 0.480 e. The van der Waals surface area contributed by atoms with Crippen LogP contribution in [0.5, 0.6) is 0 Å². The van der Waals surface area contributed by atoms with Crippen molar-refractivity contribution in [2.45, 2.75) is 45.1 Å². The van der Waals surface area contributed by atoms with Crippen LogP contribution in [0, 0.1) is 0 Å². The van der Waals surface area contributed by atoms with Gasteiger partial charge >= 0.3 is 5.97 Å². The third-order valence-corrected chi connectivity index (χ3v) is 3.02. The molecule has 0 fully saturated rings. The first-order valence-electron chi connectivity index (χ1n) is 6.74. The lowest BCUT2D eigenvalue weighted by Gasteiger charge is -2.14. The van der Waals surface area contributed by atoms with Crippen LogP contribution in [0.3, 0.4) is 0 Å². The summed E-state index contributed by atoms with van der Waals surface area (Å²) in [5, 5.41) is 12.2. The van der Waals surface area contributed by atoms with Gasteiger partial charge in [-0.1, -0.05) is 43.7 Å². The quantitative estimate of drug-likeness (QED) is 0.662. The molecule has 100 valence electrons. The predicted octanol–water partition coefficient (Wildman–Crippen LogP) is 2.85. The first-order chi connectivity index (χ1) is 8.74. The highest BCUT2D eigenvalue weighted by molar-refractivity contribution is 5.73. The number of benzene rings is 1. The van der Waals surface area contributed by atoms with E-state index < -0.39 is 12.0 Å². The topological polar surface area (TPSA) is 49.3 Å². The summed E-state index contributed by atoms with van der Waals surface area (Å²) in [5.41, 5.74) is 1.27. The highest BCUT2D eigenvalue weighted by Crippen LogP contribution is 2.07. The normalized spacial score (nSPS) is 12.3. The van der Waals surface area contributed by atoms with Crippen LogP contribution in [0.2, 0.25) is 0 Å². The summed E-state index contributed by atoms with van der Waals surface area (Å²) in [6, 6.07) is 9.80. The van der Waals surface area contributed by atoms with Crippen LogP contribution in [0.4, 0.5) is 0 Å². The van der Waals surface area contributed by atoms with Gasteiger partial charge in [-0.3, -0.25) is 4.79 Å². The van der Waals surface area contributed by atoms with E-state index in [1.807, 2.05) is 18.2 Å². The summed E-state index contributed by atoms with van der Waals surface area (Å²) in [6.07, 6.45) is 4.65. The average molecular weight is 249 g/mol. The van der Waals surface area contributed by atoms with Crippen molar-refractivity contribution in [2.24, 2.45) is 0 Å². The molecule has 0 aliphatic rings. The molecule has 1 atom stereocenters. The Kier molecular flexibility index (Phi) is 7.11. The fourth-order valence-corrected chi connectivity index (χ4v) is 1.92. The van der Waals surface area contributed by atoms with Gasteiger partial charge in [-0.2, -0.15) is 0 Å². The number of carboxylic acid groups (broad SMARTS) is 1. The number of carbonyl (C=O) groups is 1. The maximum atomic E-state index is 11.1. The van der Waals surface area contributed by atoms with Gasteiger partial charge in [-0.05, 0) is 37.8 Å². The van der Waals surface area contributed by atoms with E-state index in [4.69, 9.17) is 5.11 Å². The molecule has 0 spiro atoms. The van der Waals surface area contributed by atoms with E-state index in [1.54, 1.807) is 0 Å². The molecule has 0 bridgehead atoms. The molecule has 0 saturated heterocycles. The van der Waals surface area contributed by atoms with E-state index in [9.17, 15) is 4.79 Å². The first kappa shape index (κ1) is 14.7. The third-order valence-electron chi connectivity index (χ3n) is 3.02. The van der Waals surface area contributed by atoms with Gasteiger partial charge in [0, 0.05) is 0 Å². The molecule has 3 heteroatoms. The molecule has 18 heavy (non-hydrogen) atoms. The van der Waals surface area contributed by atoms with Gasteiger partial charge in [0.15, 0.2) is 0 Å². The van der Waals surface area contributed by atoms with Gasteiger partial charge in [-0.15, -0.1) is 0 Å². The Morgan fingerprint density at radius 3 is 2.61 bits per heavy atom.